The van der Waals surface area contributed by atoms with Crippen molar-refractivity contribution in [3.05, 3.63) is 34.6 Å². The fourth-order valence-corrected chi connectivity index (χ4v) is 2.67. The molecule has 1 aliphatic rings. The third-order valence-electron chi connectivity index (χ3n) is 3.55. The summed E-state index contributed by atoms with van der Waals surface area (Å²) in [5, 5.41) is 19.2. The van der Waals surface area contributed by atoms with Crippen LogP contribution in [0.1, 0.15) is 27.2 Å². The number of aromatic carboxylic acids is 1. The van der Waals surface area contributed by atoms with Crippen LogP contribution in [0.15, 0.2) is 16.5 Å². The highest BCUT2D eigenvalue weighted by molar-refractivity contribution is 5.97. The van der Waals surface area contributed by atoms with E-state index in [0.717, 1.165) is 23.9 Å². The molecule has 2 aromatic rings. The molecule has 3 rings (SSSR count). The van der Waals surface area contributed by atoms with Gasteiger partial charge in [0.15, 0.2) is 0 Å². The molecule has 0 saturated carbocycles. The molecule has 96 valence electrons. The lowest BCUT2D eigenvalue weighted by Gasteiger charge is -2.12. The van der Waals surface area contributed by atoms with Crippen LogP contribution in [0.4, 0.5) is 0 Å². The van der Waals surface area contributed by atoms with Gasteiger partial charge in [0.1, 0.15) is 5.58 Å². The van der Waals surface area contributed by atoms with Crippen molar-refractivity contribution in [3.63, 3.8) is 0 Å². The van der Waals surface area contributed by atoms with Crippen molar-refractivity contribution in [3.8, 4) is 6.07 Å². The standard InChI is InChI=1S/C14H12N2O3/c1-16-5-4-9-8(6-15)2-3-11-12(9)10(7-16)13(19-11)14(17)18/h2-3H,4-5,7H2,1H3,(H,17,18). The Labute approximate surface area is 109 Å². The van der Waals surface area contributed by atoms with Crippen molar-refractivity contribution in [1.82, 2.24) is 4.90 Å². The van der Waals surface area contributed by atoms with Crippen LogP contribution in [0.2, 0.25) is 0 Å². The quantitative estimate of drug-likeness (QED) is 0.844. The maximum Gasteiger partial charge on any atom is 0.372 e. The Morgan fingerprint density at radius 3 is 2.95 bits per heavy atom. The van der Waals surface area contributed by atoms with E-state index in [4.69, 9.17) is 4.42 Å². The lowest BCUT2D eigenvalue weighted by Crippen LogP contribution is -2.19. The molecule has 5 nitrogen and oxygen atoms in total. The molecule has 0 fully saturated rings. The van der Waals surface area contributed by atoms with Crippen molar-refractivity contribution >= 4 is 16.9 Å². The number of hydrogen-bond acceptors (Lipinski definition) is 4. The highest BCUT2D eigenvalue weighted by Gasteiger charge is 2.26. The smallest absolute Gasteiger partial charge is 0.372 e. The molecule has 0 spiro atoms. The van der Waals surface area contributed by atoms with Crippen LogP contribution in [-0.2, 0) is 13.0 Å². The third kappa shape index (κ3) is 1.69. The number of likely N-dealkylation sites (N-methyl/N-ethyl adjacent to an activating group) is 1. The Balaban J connectivity index is 2.40. The first-order chi connectivity index (χ1) is 9.11. The zero-order valence-electron chi connectivity index (χ0n) is 10.4. The first-order valence-electron chi connectivity index (χ1n) is 6.01. The van der Waals surface area contributed by atoms with Gasteiger partial charge < -0.3 is 14.4 Å². The topological polar surface area (TPSA) is 77.5 Å². The number of carboxylic acid groups (broad SMARTS) is 1. The van der Waals surface area contributed by atoms with Crippen molar-refractivity contribution in [2.75, 3.05) is 13.6 Å². The minimum absolute atomic E-state index is 0.0138. The average Bonchev–Trinajstić information content (AvgIpc) is 2.65. The summed E-state index contributed by atoms with van der Waals surface area (Å²) >= 11 is 0. The number of nitrogens with zero attached hydrogens (tertiary/aromatic N) is 2. The number of furan rings is 1. The number of rotatable bonds is 1. The molecule has 1 aromatic heterocycles. The van der Waals surface area contributed by atoms with Gasteiger partial charge in [-0.15, -0.1) is 0 Å². The van der Waals surface area contributed by atoms with E-state index in [1.54, 1.807) is 12.1 Å². The second kappa shape index (κ2) is 4.11. The Morgan fingerprint density at radius 2 is 2.26 bits per heavy atom. The average molecular weight is 256 g/mol. The van der Waals surface area contributed by atoms with E-state index in [1.165, 1.54) is 0 Å². The summed E-state index contributed by atoms with van der Waals surface area (Å²) in [6.07, 6.45) is 0.725. The molecule has 0 aliphatic carbocycles. The van der Waals surface area contributed by atoms with E-state index in [1.807, 2.05) is 11.9 Å². The SMILES string of the molecule is CN1CCc2c(C#N)ccc3oc(C(=O)O)c(c23)C1. The Morgan fingerprint density at radius 1 is 1.47 bits per heavy atom. The lowest BCUT2D eigenvalue weighted by molar-refractivity contribution is 0.0662. The maximum absolute atomic E-state index is 11.3. The second-order valence-corrected chi connectivity index (χ2v) is 4.78. The normalized spacial score (nSPS) is 15.2. The summed E-state index contributed by atoms with van der Waals surface area (Å²) < 4.78 is 5.44. The zero-order chi connectivity index (χ0) is 13.6. The maximum atomic E-state index is 11.3. The Bertz CT molecular complexity index is 724. The minimum Gasteiger partial charge on any atom is -0.475 e. The van der Waals surface area contributed by atoms with E-state index in [2.05, 4.69) is 6.07 Å². The van der Waals surface area contributed by atoms with Gasteiger partial charge in [0, 0.05) is 24.0 Å². The molecule has 0 radical (unpaired) electrons. The van der Waals surface area contributed by atoms with Crippen molar-refractivity contribution < 1.29 is 14.3 Å². The van der Waals surface area contributed by atoms with E-state index >= 15 is 0 Å². The van der Waals surface area contributed by atoms with E-state index in [-0.39, 0.29) is 5.76 Å². The summed E-state index contributed by atoms with van der Waals surface area (Å²) in [7, 11) is 1.93. The molecular formula is C14H12N2O3. The monoisotopic (exact) mass is 256 g/mol. The molecule has 1 aliphatic heterocycles. The lowest BCUT2D eigenvalue weighted by atomic mass is 9.99. The van der Waals surface area contributed by atoms with Crippen molar-refractivity contribution in [1.29, 1.82) is 5.26 Å². The number of carboxylic acids is 1. The van der Waals surface area contributed by atoms with Gasteiger partial charge in [0.25, 0.3) is 0 Å². The summed E-state index contributed by atoms with van der Waals surface area (Å²) in [6.45, 7) is 1.32. The minimum atomic E-state index is -1.06. The molecule has 1 N–H and O–H groups in total. The molecule has 0 unspecified atom stereocenters. The molecule has 0 saturated heterocycles. The van der Waals surface area contributed by atoms with Gasteiger partial charge >= 0.3 is 5.97 Å². The van der Waals surface area contributed by atoms with Crippen LogP contribution in [0.5, 0.6) is 0 Å². The predicted molar refractivity (Wildman–Crippen MR) is 67.9 cm³/mol. The first-order valence-corrected chi connectivity index (χ1v) is 6.01. The first kappa shape index (κ1) is 11.8. The summed E-state index contributed by atoms with van der Waals surface area (Å²) in [4.78, 5) is 13.3. The van der Waals surface area contributed by atoms with Crippen molar-refractivity contribution in [2.24, 2.45) is 0 Å². The van der Waals surface area contributed by atoms with Gasteiger partial charge in [0.05, 0.1) is 11.6 Å². The number of benzene rings is 1. The fraction of sp³-hybridized carbons (Fsp3) is 0.286. The molecule has 19 heavy (non-hydrogen) atoms. The van der Waals surface area contributed by atoms with Crippen LogP contribution in [-0.4, -0.2) is 29.6 Å². The summed E-state index contributed by atoms with van der Waals surface area (Å²) in [5.41, 5.74) is 2.73. The van der Waals surface area contributed by atoms with Gasteiger partial charge in [0.2, 0.25) is 5.76 Å². The summed E-state index contributed by atoms with van der Waals surface area (Å²) in [6, 6.07) is 5.55. The Hall–Kier alpha value is -2.32. The van der Waals surface area contributed by atoms with E-state index < -0.39 is 5.97 Å². The van der Waals surface area contributed by atoms with Crippen molar-refractivity contribution in [2.45, 2.75) is 13.0 Å². The molecule has 2 heterocycles. The molecule has 5 heteroatoms. The molecule has 0 bridgehead atoms. The molecule has 0 atom stereocenters. The van der Waals surface area contributed by atoms with Gasteiger partial charge in [-0.2, -0.15) is 5.26 Å². The fourth-order valence-electron chi connectivity index (χ4n) is 2.67. The third-order valence-corrected chi connectivity index (χ3v) is 3.55. The van der Waals surface area contributed by atoms with E-state index in [9.17, 15) is 15.2 Å². The largest absolute Gasteiger partial charge is 0.475 e. The van der Waals surface area contributed by atoms with Crippen LogP contribution < -0.4 is 0 Å². The number of nitriles is 1. The Kier molecular flexibility index (Phi) is 2.54. The summed E-state index contributed by atoms with van der Waals surface area (Å²) in [5.74, 6) is -1.08. The van der Waals surface area contributed by atoms with Gasteiger partial charge in [-0.3, -0.25) is 0 Å². The van der Waals surface area contributed by atoms with Gasteiger partial charge in [-0.05, 0) is 31.2 Å². The molecule has 0 amide bonds. The highest BCUT2D eigenvalue weighted by atomic mass is 16.4. The molecule has 1 aromatic carbocycles. The second-order valence-electron chi connectivity index (χ2n) is 4.78. The number of carbonyl (C=O) groups is 1. The highest BCUT2D eigenvalue weighted by Crippen LogP contribution is 2.34. The van der Waals surface area contributed by atoms with Crippen LogP contribution in [0.3, 0.4) is 0 Å². The van der Waals surface area contributed by atoms with Crippen LogP contribution >= 0.6 is 0 Å². The van der Waals surface area contributed by atoms with Crippen LogP contribution in [0, 0.1) is 11.3 Å². The van der Waals surface area contributed by atoms with Gasteiger partial charge in [-0.1, -0.05) is 0 Å². The van der Waals surface area contributed by atoms with Gasteiger partial charge in [-0.25, -0.2) is 4.79 Å². The zero-order valence-corrected chi connectivity index (χ0v) is 10.4. The number of hydrogen-bond donors (Lipinski definition) is 1. The van der Waals surface area contributed by atoms with Crippen LogP contribution in [0.25, 0.3) is 11.0 Å². The predicted octanol–water partition coefficient (Wildman–Crippen LogP) is 1.99. The molecular weight excluding hydrogens is 244 g/mol. The van der Waals surface area contributed by atoms with E-state index in [0.29, 0.717) is 23.3 Å².